The fourth-order valence-corrected chi connectivity index (χ4v) is 2.20. The van der Waals surface area contributed by atoms with Crippen LogP contribution >= 0.6 is 0 Å². The third kappa shape index (κ3) is 5.36. The first-order chi connectivity index (χ1) is 11.2. The number of carbonyl (C=O) groups excluding carboxylic acids is 1. The van der Waals surface area contributed by atoms with Crippen molar-refractivity contribution in [3.05, 3.63) is 53.9 Å². The van der Waals surface area contributed by atoms with Gasteiger partial charge in [0.25, 0.3) is 5.91 Å². The first-order valence-corrected chi connectivity index (χ1v) is 8.06. The van der Waals surface area contributed by atoms with Crippen LogP contribution in [0.1, 0.15) is 35.7 Å². The summed E-state index contributed by atoms with van der Waals surface area (Å²) in [4.78, 5) is 22.6. The van der Waals surface area contributed by atoms with Gasteiger partial charge in [0.15, 0.2) is 0 Å². The van der Waals surface area contributed by atoms with Crippen LogP contribution in [0.4, 0.5) is 5.95 Å². The highest BCUT2D eigenvalue weighted by Gasteiger charge is 2.08. The molecule has 23 heavy (non-hydrogen) atoms. The number of hydrogen-bond acceptors (Lipinski definition) is 4. The molecule has 0 saturated heterocycles. The van der Waals surface area contributed by atoms with Gasteiger partial charge in [-0.2, -0.15) is 0 Å². The van der Waals surface area contributed by atoms with Gasteiger partial charge in [0.1, 0.15) is 0 Å². The smallest absolute Gasteiger partial charge is 0.254 e. The highest BCUT2D eigenvalue weighted by Crippen LogP contribution is 2.06. The molecule has 122 valence electrons. The number of benzene rings is 1. The number of anilines is 1. The lowest BCUT2D eigenvalue weighted by Crippen LogP contribution is -2.26. The van der Waals surface area contributed by atoms with Crippen molar-refractivity contribution in [1.82, 2.24) is 15.3 Å². The summed E-state index contributed by atoms with van der Waals surface area (Å²) in [6.45, 7) is 3.66. The van der Waals surface area contributed by atoms with E-state index < -0.39 is 0 Å². The number of nitrogens with one attached hydrogen (secondary N) is 1. The number of aromatic nitrogens is 2. The van der Waals surface area contributed by atoms with Crippen molar-refractivity contribution in [1.29, 1.82) is 0 Å². The standard InChI is InChI=1S/C18H24N4O/c1-3-4-12-22(2)18-20-13-16(14-21-18)17(23)19-11-10-15-8-6-5-7-9-15/h5-9,13-14H,3-4,10-12H2,1-2H3,(H,19,23). The van der Waals surface area contributed by atoms with E-state index in [1.807, 2.05) is 30.1 Å². The van der Waals surface area contributed by atoms with Gasteiger partial charge in [-0.1, -0.05) is 43.7 Å². The van der Waals surface area contributed by atoms with Crippen LogP contribution in [0, 0.1) is 0 Å². The van der Waals surface area contributed by atoms with Crippen molar-refractivity contribution in [2.45, 2.75) is 26.2 Å². The third-order valence-electron chi connectivity index (χ3n) is 3.63. The minimum Gasteiger partial charge on any atom is -0.352 e. The summed E-state index contributed by atoms with van der Waals surface area (Å²) in [5, 5.41) is 2.90. The largest absolute Gasteiger partial charge is 0.352 e. The summed E-state index contributed by atoms with van der Waals surface area (Å²) >= 11 is 0. The lowest BCUT2D eigenvalue weighted by Gasteiger charge is -2.16. The van der Waals surface area contributed by atoms with Gasteiger partial charge in [-0.05, 0) is 18.4 Å². The Morgan fingerprint density at radius 3 is 2.52 bits per heavy atom. The summed E-state index contributed by atoms with van der Waals surface area (Å²) < 4.78 is 0. The molecule has 1 amide bonds. The Kier molecular flexibility index (Phi) is 6.54. The van der Waals surface area contributed by atoms with Gasteiger partial charge in [0, 0.05) is 32.5 Å². The van der Waals surface area contributed by atoms with Crippen LogP contribution in [0.5, 0.6) is 0 Å². The average Bonchev–Trinajstić information content (AvgIpc) is 2.60. The van der Waals surface area contributed by atoms with E-state index in [0.717, 1.165) is 25.8 Å². The van der Waals surface area contributed by atoms with E-state index in [2.05, 4.69) is 34.3 Å². The van der Waals surface area contributed by atoms with E-state index >= 15 is 0 Å². The van der Waals surface area contributed by atoms with Crippen molar-refractivity contribution in [3.63, 3.8) is 0 Å². The van der Waals surface area contributed by atoms with Crippen molar-refractivity contribution < 1.29 is 4.79 Å². The van der Waals surface area contributed by atoms with Gasteiger partial charge in [-0.25, -0.2) is 9.97 Å². The van der Waals surface area contributed by atoms with Crippen molar-refractivity contribution in [2.75, 3.05) is 25.0 Å². The first kappa shape index (κ1) is 16.9. The van der Waals surface area contributed by atoms with Crippen LogP contribution < -0.4 is 10.2 Å². The van der Waals surface area contributed by atoms with E-state index in [1.165, 1.54) is 5.56 Å². The van der Waals surface area contributed by atoms with Gasteiger partial charge >= 0.3 is 0 Å². The van der Waals surface area contributed by atoms with E-state index in [9.17, 15) is 4.79 Å². The fraction of sp³-hybridized carbons (Fsp3) is 0.389. The van der Waals surface area contributed by atoms with Crippen LogP contribution in [0.2, 0.25) is 0 Å². The molecule has 0 unspecified atom stereocenters. The van der Waals surface area contributed by atoms with Gasteiger partial charge in [-0.15, -0.1) is 0 Å². The van der Waals surface area contributed by atoms with Crippen molar-refractivity contribution >= 4 is 11.9 Å². The second-order valence-electron chi connectivity index (χ2n) is 5.54. The molecule has 1 N–H and O–H groups in total. The number of amides is 1. The molecule has 0 aliphatic carbocycles. The van der Waals surface area contributed by atoms with E-state index in [1.54, 1.807) is 12.4 Å². The Balaban J connectivity index is 1.82. The molecule has 1 aromatic heterocycles. The molecule has 2 aromatic rings. The van der Waals surface area contributed by atoms with Gasteiger partial charge in [-0.3, -0.25) is 4.79 Å². The Morgan fingerprint density at radius 2 is 1.87 bits per heavy atom. The monoisotopic (exact) mass is 312 g/mol. The minimum atomic E-state index is -0.135. The molecule has 0 atom stereocenters. The molecule has 0 bridgehead atoms. The van der Waals surface area contributed by atoms with Gasteiger partial charge in [0.05, 0.1) is 5.56 Å². The maximum absolute atomic E-state index is 12.1. The summed E-state index contributed by atoms with van der Waals surface area (Å²) in [5.74, 6) is 0.517. The second kappa shape index (κ2) is 8.88. The molecular weight excluding hydrogens is 288 g/mol. The van der Waals surface area contributed by atoms with Gasteiger partial charge in [0.2, 0.25) is 5.95 Å². The van der Waals surface area contributed by atoms with E-state index in [0.29, 0.717) is 18.1 Å². The molecule has 1 heterocycles. The van der Waals surface area contributed by atoms with Crippen molar-refractivity contribution in [3.8, 4) is 0 Å². The Hall–Kier alpha value is -2.43. The lowest BCUT2D eigenvalue weighted by atomic mass is 10.1. The number of hydrogen-bond donors (Lipinski definition) is 1. The highest BCUT2D eigenvalue weighted by molar-refractivity contribution is 5.93. The molecule has 0 radical (unpaired) electrons. The second-order valence-corrected chi connectivity index (χ2v) is 5.54. The average molecular weight is 312 g/mol. The summed E-state index contributed by atoms with van der Waals surface area (Å²) in [7, 11) is 1.96. The van der Waals surface area contributed by atoms with Crippen LogP contribution in [-0.2, 0) is 6.42 Å². The number of nitrogens with zero attached hydrogens (tertiary/aromatic N) is 3. The maximum atomic E-state index is 12.1. The maximum Gasteiger partial charge on any atom is 0.254 e. The van der Waals surface area contributed by atoms with Crippen LogP contribution in [0.15, 0.2) is 42.7 Å². The minimum absolute atomic E-state index is 0.135. The Labute approximate surface area is 137 Å². The predicted octanol–water partition coefficient (Wildman–Crippen LogP) is 2.69. The third-order valence-corrected chi connectivity index (χ3v) is 3.63. The summed E-state index contributed by atoms with van der Waals surface area (Å²) in [6, 6.07) is 10.1. The number of unbranched alkanes of at least 4 members (excludes halogenated alkanes) is 1. The molecule has 0 spiro atoms. The van der Waals surface area contributed by atoms with Crippen LogP contribution in [0.3, 0.4) is 0 Å². The highest BCUT2D eigenvalue weighted by atomic mass is 16.1. The van der Waals surface area contributed by atoms with Gasteiger partial charge < -0.3 is 10.2 Å². The molecule has 0 fully saturated rings. The van der Waals surface area contributed by atoms with Crippen LogP contribution in [0.25, 0.3) is 0 Å². The quantitative estimate of drug-likeness (QED) is 0.814. The lowest BCUT2D eigenvalue weighted by molar-refractivity contribution is 0.0953. The van der Waals surface area contributed by atoms with E-state index in [4.69, 9.17) is 0 Å². The Morgan fingerprint density at radius 1 is 1.17 bits per heavy atom. The van der Waals surface area contributed by atoms with Crippen LogP contribution in [-0.4, -0.2) is 36.0 Å². The predicted molar refractivity (Wildman–Crippen MR) is 92.7 cm³/mol. The Bertz CT molecular complexity index is 598. The van der Waals surface area contributed by atoms with Crippen molar-refractivity contribution in [2.24, 2.45) is 0 Å². The molecule has 1 aromatic carbocycles. The topological polar surface area (TPSA) is 58.1 Å². The molecule has 5 nitrogen and oxygen atoms in total. The normalized spacial score (nSPS) is 10.3. The SMILES string of the molecule is CCCCN(C)c1ncc(C(=O)NCCc2ccccc2)cn1. The number of rotatable bonds is 8. The zero-order chi connectivity index (χ0) is 16.5. The summed E-state index contributed by atoms with van der Waals surface area (Å²) in [5.41, 5.74) is 1.70. The summed E-state index contributed by atoms with van der Waals surface area (Å²) in [6.07, 6.45) is 6.21. The van der Waals surface area contributed by atoms with E-state index in [-0.39, 0.29) is 5.91 Å². The molecule has 5 heteroatoms. The molecule has 0 aliphatic heterocycles. The molecule has 0 saturated carbocycles. The molecule has 2 rings (SSSR count). The first-order valence-electron chi connectivity index (χ1n) is 8.06. The zero-order valence-electron chi connectivity index (χ0n) is 13.8. The number of carbonyl (C=O) groups is 1. The molecular formula is C18H24N4O. The zero-order valence-corrected chi connectivity index (χ0v) is 13.8. The molecule has 0 aliphatic rings. The fourth-order valence-electron chi connectivity index (χ4n) is 2.20.